The van der Waals surface area contributed by atoms with Gasteiger partial charge >= 0.3 is 0 Å². The zero-order chi connectivity index (χ0) is 9.26. The highest BCUT2D eigenvalue weighted by Crippen LogP contribution is 2.04. The molecule has 2 aromatic rings. The third-order valence-electron chi connectivity index (χ3n) is 1.78. The Morgan fingerprint density at radius 3 is 3.00 bits per heavy atom. The highest BCUT2D eigenvalue weighted by atomic mass is 15.3. The molecule has 0 fully saturated rings. The maximum Gasteiger partial charge on any atom is 0.175 e. The highest BCUT2D eigenvalue weighted by molar-refractivity contribution is 5.22. The fourth-order valence-corrected chi connectivity index (χ4v) is 1.12. The van der Waals surface area contributed by atoms with Crippen molar-refractivity contribution in [3.05, 3.63) is 29.7 Å². The summed E-state index contributed by atoms with van der Waals surface area (Å²) in [6.45, 7) is 2.40. The van der Waals surface area contributed by atoms with Crippen LogP contribution >= 0.6 is 0 Å². The first-order valence-electron chi connectivity index (χ1n) is 4.06. The molecule has 0 bridgehead atoms. The maximum atomic E-state index is 5.44. The van der Waals surface area contributed by atoms with E-state index in [0.717, 1.165) is 17.2 Å². The number of aryl methyl sites for hydroxylation is 1. The van der Waals surface area contributed by atoms with Gasteiger partial charge < -0.3 is 5.73 Å². The summed E-state index contributed by atoms with van der Waals surface area (Å²) in [6.07, 6.45) is 1.85. The molecule has 0 aliphatic rings. The van der Waals surface area contributed by atoms with E-state index in [1.807, 2.05) is 25.3 Å². The Labute approximate surface area is 75.6 Å². The van der Waals surface area contributed by atoms with Crippen LogP contribution in [-0.2, 0) is 6.54 Å². The molecule has 5 heteroatoms. The number of hydrogen-bond acceptors (Lipinski definition) is 3. The summed E-state index contributed by atoms with van der Waals surface area (Å²) in [6, 6.07) is 3.80. The van der Waals surface area contributed by atoms with Crippen molar-refractivity contribution in [1.29, 1.82) is 0 Å². The molecule has 68 valence electrons. The molecule has 2 aromatic heterocycles. The Hall–Kier alpha value is -1.62. The number of H-pyrrole nitrogens is 1. The first-order chi connectivity index (χ1) is 6.29. The summed E-state index contributed by atoms with van der Waals surface area (Å²) >= 11 is 0. The fourth-order valence-electron chi connectivity index (χ4n) is 1.12. The van der Waals surface area contributed by atoms with Crippen LogP contribution in [-0.4, -0.2) is 20.0 Å². The van der Waals surface area contributed by atoms with Crippen molar-refractivity contribution in [3.8, 4) is 5.82 Å². The van der Waals surface area contributed by atoms with Crippen LogP contribution in [0.3, 0.4) is 0 Å². The summed E-state index contributed by atoms with van der Waals surface area (Å²) in [5.74, 6) is 0.789. The second-order valence-electron chi connectivity index (χ2n) is 2.86. The van der Waals surface area contributed by atoms with Gasteiger partial charge in [0.05, 0.1) is 5.69 Å². The van der Waals surface area contributed by atoms with Gasteiger partial charge in [0.15, 0.2) is 5.82 Å². The van der Waals surface area contributed by atoms with E-state index in [1.165, 1.54) is 0 Å². The van der Waals surface area contributed by atoms with Gasteiger partial charge in [0.2, 0.25) is 0 Å². The van der Waals surface area contributed by atoms with E-state index in [4.69, 9.17) is 5.73 Å². The van der Waals surface area contributed by atoms with Crippen molar-refractivity contribution in [2.75, 3.05) is 0 Å². The molecule has 0 unspecified atom stereocenters. The fraction of sp³-hybridized carbons (Fsp3) is 0.250. The smallest absolute Gasteiger partial charge is 0.175 e. The molecule has 0 saturated carbocycles. The van der Waals surface area contributed by atoms with Crippen molar-refractivity contribution in [2.24, 2.45) is 5.73 Å². The predicted octanol–water partition coefficient (Wildman–Crippen LogP) is 0.363. The molecular formula is C8H11N5. The molecule has 0 atom stereocenters. The highest BCUT2D eigenvalue weighted by Gasteiger charge is 2.01. The topological polar surface area (TPSA) is 72.5 Å². The molecule has 0 aliphatic carbocycles. The van der Waals surface area contributed by atoms with Crippen LogP contribution in [0.2, 0.25) is 0 Å². The van der Waals surface area contributed by atoms with Crippen molar-refractivity contribution in [3.63, 3.8) is 0 Å². The Morgan fingerprint density at radius 2 is 2.46 bits per heavy atom. The SMILES string of the molecule is Cc1cc(-n2ccc(CN)n2)n[nH]1. The number of hydrogen-bond donors (Lipinski definition) is 2. The summed E-state index contributed by atoms with van der Waals surface area (Å²) in [7, 11) is 0. The van der Waals surface area contributed by atoms with E-state index in [0.29, 0.717) is 6.54 Å². The molecule has 0 saturated heterocycles. The van der Waals surface area contributed by atoms with Gasteiger partial charge in [0, 0.05) is 24.5 Å². The first-order valence-corrected chi connectivity index (χ1v) is 4.06. The minimum absolute atomic E-state index is 0.455. The Bertz CT molecular complexity index is 400. The minimum atomic E-state index is 0.455. The molecule has 0 spiro atoms. The van der Waals surface area contributed by atoms with Crippen LogP contribution in [0.25, 0.3) is 5.82 Å². The molecule has 3 N–H and O–H groups in total. The van der Waals surface area contributed by atoms with E-state index >= 15 is 0 Å². The number of aromatic nitrogens is 4. The van der Waals surface area contributed by atoms with E-state index in [9.17, 15) is 0 Å². The lowest BCUT2D eigenvalue weighted by Gasteiger charge is -1.92. The quantitative estimate of drug-likeness (QED) is 0.695. The molecule has 2 heterocycles. The normalized spacial score (nSPS) is 10.6. The van der Waals surface area contributed by atoms with E-state index in [2.05, 4.69) is 15.3 Å². The molecule has 13 heavy (non-hydrogen) atoms. The van der Waals surface area contributed by atoms with Crippen LogP contribution in [0.15, 0.2) is 18.3 Å². The predicted molar refractivity (Wildman–Crippen MR) is 48.3 cm³/mol. The monoisotopic (exact) mass is 177 g/mol. The lowest BCUT2D eigenvalue weighted by atomic mass is 10.4. The number of nitrogens with zero attached hydrogens (tertiary/aromatic N) is 3. The van der Waals surface area contributed by atoms with Gasteiger partial charge in [-0.2, -0.15) is 10.2 Å². The van der Waals surface area contributed by atoms with E-state index in [-0.39, 0.29) is 0 Å². The van der Waals surface area contributed by atoms with Crippen LogP contribution in [0, 0.1) is 6.92 Å². The molecular weight excluding hydrogens is 166 g/mol. The zero-order valence-corrected chi connectivity index (χ0v) is 7.36. The molecule has 5 nitrogen and oxygen atoms in total. The molecule has 2 rings (SSSR count). The Kier molecular flexibility index (Phi) is 1.86. The van der Waals surface area contributed by atoms with Crippen LogP contribution in [0.1, 0.15) is 11.4 Å². The largest absolute Gasteiger partial charge is 0.325 e. The lowest BCUT2D eigenvalue weighted by Crippen LogP contribution is -2.00. The molecule has 0 amide bonds. The molecule has 0 aromatic carbocycles. The Morgan fingerprint density at radius 1 is 1.62 bits per heavy atom. The van der Waals surface area contributed by atoms with E-state index < -0.39 is 0 Å². The Balaban J connectivity index is 2.35. The number of nitrogens with two attached hydrogens (primary N) is 1. The molecule has 0 radical (unpaired) electrons. The average molecular weight is 177 g/mol. The summed E-state index contributed by atoms with van der Waals surface area (Å²) in [5, 5.41) is 11.1. The van der Waals surface area contributed by atoms with Gasteiger partial charge in [-0.05, 0) is 13.0 Å². The van der Waals surface area contributed by atoms with Gasteiger partial charge in [-0.1, -0.05) is 0 Å². The van der Waals surface area contributed by atoms with Crippen molar-refractivity contribution in [2.45, 2.75) is 13.5 Å². The van der Waals surface area contributed by atoms with Gasteiger partial charge in [0.1, 0.15) is 0 Å². The van der Waals surface area contributed by atoms with Crippen LogP contribution in [0.4, 0.5) is 0 Å². The van der Waals surface area contributed by atoms with Crippen LogP contribution in [0.5, 0.6) is 0 Å². The van der Waals surface area contributed by atoms with Gasteiger partial charge in [-0.3, -0.25) is 5.10 Å². The molecule has 0 aliphatic heterocycles. The third kappa shape index (κ3) is 1.46. The van der Waals surface area contributed by atoms with Crippen molar-refractivity contribution < 1.29 is 0 Å². The minimum Gasteiger partial charge on any atom is -0.325 e. The van der Waals surface area contributed by atoms with E-state index in [1.54, 1.807) is 4.68 Å². The maximum absolute atomic E-state index is 5.44. The van der Waals surface area contributed by atoms with Gasteiger partial charge in [0.25, 0.3) is 0 Å². The first kappa shape index (κ1) is 8.00. The zero-order valence-electron chi connectivity index (χ0n) is 7.36. The number of nitrogens with one attached hydrogen (secondary N) is 1. The van der Waals surface area contributed by atoms with Gasteiger partial charge in [-0.25, -0.2) is 4.68 Å². The summed E-state index contributed by atoms with van der Waals surface area (Å²) in [4.78, 5) is 0. The standard InChI is InChI=1S/C8H11N5/c1-6-4-8(11-10-6)13-3-2-7(5-9)12-13/h2-4H,5,9H2,1H3,(H,10,11). The second kappa shape index (κ2) is 3.02. The van der Waals surface area contributed by atoms with Crippen molar-refractivity contribution in [1.82, 2.24) is 20.0 Å². The third-order valence-corrected chi connectivity index (χ3v) is 1.78. The number of aromatic amines is 1. The van der Waals surface area contributed by atoms with Crippen LogP contribution < -0.4 is 5.73 Å². The second-order valence-corrected chi connectivity index (χ2v) is 2.86. The summed E-state index contributed by atoms with van der Waals surface area (Å²) in [5.41, 5.74) is 7.32. The lowest BCUT2D eigenvalue weighted by molar-refractivity contribution is 0.803. The van der Waals surface area contributed by atoms with Crippen molar-refractivity contribution >= 4 is 0 Å². The van der Waals surface area contributed by atoms with Gasteiger partial charge in [-0.15, -0.1) is 0 Å². The number of rotatable bonds is 2. The summed E-state index contributed by atoms with van der Waals surface area (Å²) < 4.78 is 1.70. The average Bonchev–Trinajstić information content (AvgIpc) is 2.71.